The van der Waals surface area contributed by atoms with Crippen LogP contribution in [0.3, 0.4) is 0 Å². The van der Waals surface area contributed by atoms with Crippen molar-refractivity contribution in [3.05, 3.63) is 77.2 Å². The maximum absolute atomic E-state index is 12.5. The van der Waals surface area contributed by atoms with Crippen LogP contribution in [-0.4, -0.2) is 53.5 Å². The number of nitrogens with one attached hydrogen (secondary N) is 1. The molecule has 1 aromatic heterocycles. The maximum atomic E-state index is 12.5. The molecular weight excluding hydrogens is 388 g/mol. The fraction of sp³-hybridized carbons (Fsp3) is 0.360. The van der Waals surface area contributed by atoms with Crippen molar-refractivity contribution in [2.75, 3.05) is 32.7 Å². The molecule has 0 atom stereocenters. The van der Waals surface area contributed by atoms with Crippen molar-refractivity contribution in [3.8, 4) is 11.5 Å². The zero-order chi connectivity index (χ0) is 21.6. The van der Waals surface area contributed by atoms with E-state index in [9.17, 15) is 4.79 Å². The molecule has 0 aliphatic carbocycles. The average Bonchev–Trinajstić information content (AvgIpc) is 3.15. The molecule has 1 aliphatic rings. The fourth-order valence-electron chi connectivity index (χ4n) is 3.89. The zero-order valence-electron chi connectivity index (χ0n) is 18.3. The number of carbonyl (C=O) groups excluding carboxylic acids is 1. The molecule has 0 unspecified atom stereocenters. The second kappa shape index (κ2) is 9.79. The molecule has 1 saturated heterocycles. The second-order valence-electron chi connectivity index (χ2n) is 8.07. The number of nitrogens with zero attached hydrogens (tertiary/aromatic N) is 3. The van der Waals surface area contributed by atoms with Crippen LogP contribution in [0.1, 0.15) is 22.6 Å². The van der Waals surface area contributed by atoms with Gasteiger partial charge in [-0.05, 0) is 37.5 Å². The lowest BCUT2D eigenvalue weighted by atomic mass is 10.1. The van der Waals surface area contributed by atoms with Crippen LogP contribution in [0.5, 0.6) is 0 Å². The molecule has 3 aromatic rings. The van der Waals surface area contributed by atoms with Gasteiger partial charge < -0.3 is 14.6 Å². The minimum atomic E-state index is 0.0232. The Morgan fingerprint density at radius 1 is 1.00 bits per heavy atom. The molecule has 2 heterocycles. The highest BCUT2D eigenvalue weighted by molar-refractivity contribution is 5.74. The third-order valence-corrected chi connectivity index (χ3v) is 5.83. The Kier molecular flexibility index (Phi) is 6.67. The molecule has 1 fully saturated rings. The van der Waals surface area contributed by atoms with Crippen LogP contribution in [0.15, 0.2) is 59.0 Å². The van der Waals surface area contributed by atoms with E-state index in [1.165, 1.54) is 5.56 Å². The first-order chi connectivity index (χ1) is 15.1. The number of rotatable bonds is 6. The molecule has 31 heavy (non-hydrogen) atoms. The minimum absolute atomic E-state index is 0.0232. The number of carbonyl (C=O) groups is 1. The van der Waals surface area contributed by atoms with Crippen LogP contribution < -0.4 is 5.32 Å². The van der Waals surface area contributed by atoms with Gasteiger partial charge in [0.15, 0.2) is 0 Å². The summed E-state index contributed by atoms with van der Waals surface area (Å²) in [6.07, 6.45) is 0.848. The smallest absolute Gasteiger partial charge is 0.317 e. The Labute approximate surface area is 183 Å². The number of oxazole rings is 1. The summed E-state index contributed by atoms with van der Waals surface area (Å²) in [6.45, 7) is 8.54. The van der Waals surface area contributed by atoms with Crippen molar-refractivity contribution in [2.45, 2.75) is 26.8 Å². The summed E-state index contributed by atoms with van der Waals surface area (Å²) >= 11 is 0. The molecule has 6 nitrogen and oxygen atoms in total. The highest BCUT2D eigenvalue weighted by Gasteiger charge is 2.23. The van der Waals surface area contributed by atoms with E-state index < -0.39 is 0 Å². The Morgan fingerprint density at radius 2 is 1.71 bits per heavy atom. The lowest BCUT2D eigenvalue weighted by Crippen LogP contribution is -2.51. The maximum Gasteiger partial charge on any atom is 0.317 e. The van der Waals surface area contributed by atoms with Gasteiger partial charge in [0.2, 0.25) is 5.89 Å². The Morgan fingerprint density at radius 3 is 2.45 bits per heavy atom. The largest absolute Gasteiger partial charge is 0.441 e. The molecule has 4 rings (SSSR count). The Balaban J connectivity index is 1.26. The van der Waals surface area contributed by atoms with Gasteiger partial charge in [-0.1, -0.05) is 48.5 Å². The van der Waals surface area contributed by atoms with Gasteiger partial charge in [-0.15, -0.1) is 0 Å². The molecule has 6 heteroatoms. The van der Waals surface area contributed by atoms with Crippen molar-refractivity contribution in [3.63, 3.8) is 0 Å². The molecule has 0 saturated carbocycles. The number of amides is 2. The van der Waals surface area contributed by atoms with E-state index >= 15 is 0 Å². The fourth-order valence-corrected chi connectivity index (χ4v) is 3.89. The van der Waals surface area contributed by atoms with E-state index in [1.807, 2.05) is 48.2 Å². The summed E-state index contributed by atoms with van der Waals surface area (Å²) in [7, 11) is 0. The first-order valence-electron chi connectivity index (χ1n) is 10.9. The number of urea groups is 1. The van der Waals surface area contributed by atoms with Crippen molar-refractivity contribution in [1.82, 2.24) is 20.1 Å². The molecule has 0 radical (unpaired) electrons. The monoisotopic (exact) mass is 418 g/mol. The van der Waals surface area contributed by atoms with Gasteiger partial charge >= 0.3 is 6.03 Å². The van der Waals surface area contributed by atoms with E-state index in [-0.39, 0.29) is 6.03 Å². The molecule has 2 aromatic carbocycles. The van der Waals surface area contributed by atoms with Gasteiger partial charge in [-0.3, -0.25) is 4.90 Å². The van der Waals surface area contributed by atoms with Gasteiger partial charge in [-0.25, -0.2) is 9.78 Å². The van der Waals surface area contributed by atoms with Crippen LogP contribution in [0.4, 0.5) is 4.79 Å². The molecule has 1 aliphatic heterocycles. The third kappa shape index (κ3) is 5.33. The number of benzene rings is 2. The molecule has 0 spiro atoms. The predicted molar refractivity (Wildman–Crippen MR) is 122 cm³/mol. The van der Waals surface area contributed by atoms with Crippen LogP contribution in [0, 0.1) is 13.8 Å². The van der Waals surface area contributed by atoms with E-state index in [4.69, 9.17) is 9.40 Å². The lowest BCUT2D eigenvalue weighted by Gasteiger charge is -2.34. The van der Waals surface area contributed by atoms with Crippen molar-refractivity contribution in [1.29, 1.82) is 0 Å². The zero-order valence-corrected chi connectivity index (χ0v) is 18.3. The molecule has 0 bridgehead atoms. The van der Waals surface area contributed by atoms with E-state index in [1.54, 1.807) is 0 Å². The summed E-state index contributed by atoms with van der Waals surface area (Å²) < 4.78 is 5.95. The van der Waals surface area contributed by atoms with Gasteiger partial charge in [0.1, 0.15) is 5.76 Å². The van der Waals surface area contributed by atoms with Crippen LogP contribution in [-0.2, 0) is 13.0 Å². The van der Waals surface area contributed by atoms with E-state index in [0.717, 1.165) is 61.7 Å². The predicted octanol–water partition coefficient (Wildman–Crippen LogP) is 4.03. The number of hydrogen-bond donors (Lipinski definition) is 1. The number of hydrogen-bond acceptors (Lipinski definition) is 4. The highest BCUT2D eigenvalue weighted by atomic mass is 16.4. The standard InChI is InChI=1S/C25H30N4O2/c1-19-8-6-7-11-22(19)24-27-23(20(2)31-24)18-28-14-16-29(17-15-28)25(30)26-13-12-21-9-4-3-5-10-21/h3-11H,12-18H2,1-2H3,(H,26,30). The molecule has 2 amide bonds. The molecule has 1 N–H and O–H groups in total. The molecule has 162 valence electrons. The summed E-state index contributed by atoms with van der Waals surface area (Å²) in [6, 6.07) is 18.4. The van der Waals surface area contributed by atoms with Gasteiger partial charge in [0.25, 0.3) is 0 Å². The van der Waals surface area contributed by atoms with Crippen molar-refractivity contribution in [2.24, 2.45) is 0 Å². The summed E-state index contributed by atoms with van der Waals surface area (Å²) in [4.78, 5) is 21.5. The number of piperazine rings is 1. The van der Waals surface area contributed by atoms with Gasteiger partial charge in [0, 0.05) is 44.8 Å². The summed E-state index contributed by atoms with van der Waals surface area (Å²) in [5.41, 5.74) is 4.40. The lowest BCUT2D eigenvalue weighted by molar-refractivity contribution is 0.134. The Bertz CT molecular complexity index is 1010. The van der Waals surface area contributed by atoms with Crippen molar-refractivity contribution >= 4 is 6.03 Å². The van der Waals surface area contributed by atoms with Crippen LogP contribution in [0.2, 0.25) is 0 Å². The second-order valence-corrected chi connectivity index (χ2v) is 8.07. The first kappa shape index (κ1) is 21.1. The van der Waals surface area contributed by atoms with E-state index in [2.05, 4.69) is 35.3 Å². The van der Waals surface area contributed by atoms with Gasteiger partial charge in [0.05, 0.1) is 5.69 Å². The quantitative estimate of drug-likeness (QED) is 0.657. The number of aryl methyl sites for hydroxylation is 2. The summed E-state index contributed by atoms with van der Waals surface area (Å²) in [5, 5.41) is 3.04. The third-order valence-electron chi connectivity index (χ3n) is 5.83. The first-order valence-corrected chi connectivity index (χ1v) is 10.9. The molecular formula is C25H30N4O2. The van der Waals surface area contributed by atoms with Crippen molar-refractivity contribution < 1.29 is 9.21 Å². The number of aromatic nitrogens is 1. The SMILES string of the molecule is Cc1ccccc1-c1nc(CN2CCN(C(=O)NCCc3ccccc3)CC2)c(C)o1. The average molecular weight is 419 g/mol. The van der Waals surface area contributed by atoms with Crippen LogP contribution in [0.25, 0.3) is 11.5 Å². The van der Waals surface area contributed by atoms with Gasteiger partial charge in [-0.2, -0.15) is 0 Å². The normalized spacial score (nSPS) is 14.6. The minimum Gasteiger partial charge on any atom is -0.441 e. The topological polar surface area (TPSA) is 61.6 Å². The van der Waals surface area contributed by atoms with Crippen LogP contribution >= 0.6 is 0 Å². The highest BCUT2D eigenvalue weighted by Crippen LogP contribution is 2.25. The summed E-state index contributed by atoms with van der Waals surface area (Å²) in [5.74, 6) is 1.54. The van der Waals surface area contributed by atoms with E-state index in [0.29, 0.717) is 12.4 Å². The Hall–Kier alpha value is -3.12.